The molecular formula is C7H12O3. The van der Waals surface area contributed by atoms with Crippen molar-refractivity contribution >= 4 is 5.78 Å². The molecule has 1 heterocycles. The van der Waals surface area contributed by atoms with Crippen molar-refractivity contribution in [3.05, 3.63) is 0 Å². The van der Waals surface area contributed by atoms with Gasteiger partial charge in [-0.1, -0.05) is 0 Å². The van der Waals surface area contributed by atoms with Gasteiger partial charge in [-0.15, -0.1) is 0 Å². The second-order valence-corrected chi connectivity index (χ2v) is 2.93. The third-order valence-corrected chi connectivity index (χ3v) is 1.46. The summed E-state index contributed by atoms with van der Waals surface area (Å²) in [6, 6.07) is 0. The topological polar surface area (TPSA) is 35.5 Å². The summed E-state index contributed by atoms with van der Waals surface area (Å²) >= 11 is 0. The third-order valence-electron chi connectivity index (χ3n) is 1.46. The van der Waals surface area contributed by atoms with Crippen LogP contribution in [-0.2, 0) is 14.3 Å². The number of carbonyl (C=O) groups is 1. The molecule has 0 aromatic carbocycles. The molecule has 1 fully saturated rings. The van der Waals surface area contributed by atoms with E-state index in [2.05, 4.69) is 0 Å². The largest absolute Gasteiger partial charge is 0.347 e. The number of carbonyl (C=O) groups excluding carboxylic acids is 1. The maximum absolute atomic E-state index is 10.7. The van der Waals surface area contributed by atoms with E-state index in [-0.39, 0.29) is 11.9 Å². The van der Waals surface area contributed by atoms with Gasteiger partial charge in [0.1, 0.15) is 6.10 Å². The molecule has 0 radical (unpaired) electrons. The molecule has 0 aromatic rings. The van der Waals surface area contributed by atoms with Crippen LogP contribution in [0, 0.1) is 0 Å². The molecule has 58 valence electrons. The summed E-state index contributed by atoms with van der Waals surface area (Å²) < 4.78 is 10.4. The van der Waals surface area contributed by atoms with Gasteiger partial charge in [0.2, 0.25) is 0 Å². The Morgan fingerprint density at radius 2 is 2.20 bits per heavy atom. The summed E-state index contributed by atoms with van der Waals surface area (Å²) in [6.45, 7) is 5.50. The lowest BCUT2D eigenvalue weighted by Crippen LogP contribution is -2.24. The molecule has 0 saturated carbocycles. The van der Waals surface area contributed by atoms with Crippen molar-refractivity contribution in [1.29, 1.82) is 0 Å². The predicted octanol–water partition coefficient (Wildman–Crippen LogP) is 0.727. The molecule has 0 amide bonds. The third kappa shape index (κ3) is 1.55. The minimum absolute atomic E-state index is 0.0329. The maximum atomic E-state index is 10.7. The quantitative estimate of drug-likeness (QED) is 0.544. The molecule has 0 N–H and O–H groups in total. The lowest BCUT2D eigenvalue weighted by atomic mass is 10.3. The van der Waals surface area contributed by atoms with E-state index in [1.807, 2.05) is 0 Å². The normalized spacial score (nSPS) is 30.5. The van der Waals surface area contributed by atoms with Crippen molar-refractivity contribution in [1.82, 2.24) is 0 Å². The second kappa shape index (κ2) is 2.32. The molecular weight excluding hydrogens is 132 g/mol. The smallest absolute Gasteiger partial charge is 0.163 e. The van der Waals surface area contributed by atoms with E-state index < -0.39 is 5.79 Å². The summed E-state index contributed by atoms with van der Waals surface area (Å²) in [5, 5.41) is 0. The highest BCUT2D eigenvalue weighted by Crippen LogP contribution is 2.22. The molecule has 1 rings (SSSR count). The Balaban J connectivity index is 2.51. The van der Waals surface area contributed by atoms with Crippen LogP contribution in [0.2, 0.25) is 0 Å². The lowest BCUT2D eigenvalue weighted by molar-refractivity contribution is -0.150. The van der Waals surface area contributed by atoms with Crippen LogP contribution in [0.15, 0.2) is 0 Å². The molecule has 0 spiro atoms. The summed E-state index contributed by atoms with van der Waals surface area (Å²) in [7, 11) is 0. The molecule has 0 aliphatic carbocycles. The zero-order valence-corrected chi connectivity index (χ0v) is 6.51. The number of rotatable bonds is 1. The van der Waals surface area contributed by atoms with Gasteiger partial charge in [-0.05, 0) is 20.8 Å². The van der Waals surface area contributed by atoms with E-state index in [1.54, 1.807) is 13.8 Å². The van der Waals surface area contributed by atoms with Gasteiger partial charge >= 0.3 is 0 Å². The van der Waals surface area contributed by atoms with Gasteiger partial charge in [0.05, 0.1) is 6.61 Å². The Hall–Kier alpha value is -0.410. The Morgan fingerprint density at radius 3 is 2.40 bits per heavy atom. The van der Waals surface area contributed by atoms with E-state index in [9.17, 15) is 4.79 Å². The number of Topliss-reactive ketones (excluding diaryl/α,β-unsaturated/α-hetero) is 1. The van der Waals surface area contributed by atoms with Crippen LogP contribution in [0.3, 0.4) is 0 Å². The lowest BCUT2D eigenvalue weighted by Gasteiger charge is -2.15. The van der Waals surface area contributed by atoms with Crippen LogP contribution in [0.1, 0.15) is 20.8 Å². The van der Waals surface area contributed by atoms with Crippen LogP contribution >= 0.6 is 0 Å². The monoisotopic (exact) mass is 144 g/mol. The molecule has 1 atom stereocenters. The van der Waals surface area contributed by atoms with Gasteiger partial charge < -0.3 is 9.47 Å². The maximum Gasteiger partial charge on any atom is 0.163 e. The highest BCUT2D eigenvalue weighted by molar-refractivity contribution is 5.80. The fraction of sp³-hybridized carbons (Fsp3) is 0.857. The van der Waals surface area contributed by atoms with Gasteiger partial charge in [-0.2, -0.15) is 0 Å². The highest BCUT2D eigenvalue weighted by atomic mass is 16.7. The van der Waals surface area contributed by atoms with Gasteiger partial charge in [-0.25, -0.2) is 0 Å². The van der Waals surface area contributed by atoms with Gasteiger partial charge in [-0.3, -0.25) is 4.79 Å². The average Bonchev–Trinajstić information content (AvgIpc) is 2.10. The van der Waals surface area contributed by atoms with Gasteiger partial charge in [0.25, 0.3) is 0 Å². The Bertz CT molecular complexity index is 151. The molecule has 3 heteroatoms. The first-order valence-corrected chi connectivity index (χ1v) is 3.33. The van der Waals surface area contributed by atoms with Gasteiger partial charge in [0.15, 0.2) is 11.6 Å². The van der Waals surface area contributed by atoms with Crippen LogP contribution in [0.25, 0.3) is 0 Å². The fourth-order valence-electron chi connectivity index (χ4n) is 0.887. The SMILES string of the molecule is CC(=O)[C@H]1COC(C)(C)O1. The molecule has 1 saturated heterocycles. The molecule has 1 aliphatic rings. The van der Waals surface area contributed by atoms with E-state index >= 15 is 0 Å². The van der Waals surface area contributed by atoms with Crippen molar-refractivity contribution in [2.24, 2.45) is 0 Å². The minimum atomic E-state index is -0.573. The fourth-order valence-corrected chi connectivity index (χ4v) is 0.887. The first kappa shape index (κ1) is 7.69. The zero-order chi connectivity index (χ0) is 7.78. The standard InChI is InChI=1S/C7H12O3/c1-5(8)6-4-9-7(2,3)10-6/h6H,4H2,1-3H3/t6-/m1/s1. The van der Waals surface area contributed by atoms with Crippen LogP contribution < -0.4 is 0 Å². The summed E-state index contributed by atoms with van der Waals surface area (Å²) in [6.07, 6.45) is -0.352. The van der Waals surface area contributed by atoms with Gasteiger partial charge in [0, 0.05) is 0 Å². The number of hydrogen-bond acceptors (Lipinski definition) is 3. The Morgan fingerprint density at radius 1 is 1.60 bits per heavy atom. The number of hydrogen-bond donors (Lipinski definition) is 0. The van der Waals surface area contributed by atoms with Crippen molar-refractivity contribution in [2.75, 3.05) is 6.61 Å². The Labute approximate surface area is 60.3 Å². The molecule has 10 heavy (non-hydrogen) atoms. The molecule has 0 aromatic heterocycles. The first-order valence-electron chi connectivity index (χ1n) is 3.33. The van der Waals surface area contributed by atoms with Crippen molar-refractivity contribution in [2.45, 2.75) is 32.7 Å². The molecule has 0 bridgehead atoms. The van der Waals surface area contributed by atoms with Crippen molar-refractivity contribution in [3.8, 4) is 0 Å². The summed E-state index contributed by atoms with van der Waals surface area (Å²) in [4.78, 5) is 10.7. The number of ether oxygens (including phenoxy) is 2. The zero-order valence-electron chi connectivity index (χ0n) is 6.51. The van der Waals surface area contributed by atoms with E-state index in [0.717, 1.165) is 0 Å². The minimum Gasteiger partial charge on any atom is -0.347 e. The van der Waals surface area contributed by atoms with Crippen LogP contribution in [0.4, 0.5) is 0 Å². The summed E-state index contributed by atoms with van der Waals surface area (Å²) in [5.41, 5.74) is 0. The van der Waals surface area contributed by atoms with Crippen molar-refractivity contribution < 1.29 is 14.3 Å². The summed E-state index contributed by atoms with van der Waals surface area (Å²) in [5.74, 6) is -0.540. The second-order valence-electron chi connectivity index (χ2n) is 2.93. The first-order chi connectivity index (χ1) is 4.51. The van der Waals surface area contributed by atoms with Crippen LogP contribution in [0.5, 0.6) is 0 Å². The number of ketones is 1. The Kier molecular flexibility index (Phi) is 1.79. The average molecular weight is 144 g/mol. The predicted molar refractivity (Wildman–Crippen MR) is 35.6 cm³/mol. The van der Waals surface area contributed by atoms with Crippen LogP contribution in [-0.4, -0.2) is 24.3 Å². The highest BCUT2D eigenvalue weighted by Gasteiger charge is 2.34. The molecule has 0 unspecified atom stereocenters. The molecule has 1 aliphatic heterocycles. The molecule has 3 nitrogen and oxygen atoms in total. The van der Waals surface area contributed by atoms with E-state index in [1.165, 1.54) is 6.92 Å². The van der Waals surface area contributed by atoms with E-state index in [0.29, 0.717) is 6.61 Å². The van der Waals surface area contributed by atoms with Crippen molar-refractivity contribution in [3.63, 3.8) is 0 Å². The van der Waals surface area contributed by atoms with E-state index in [4.69, 9.17) is 9.47 Å².